The van der Waals surface area contributed by atoms with Crippen molar-refractivity contribution in [1.82, 2.24) is 24.5 Å². The smallest absolute Gasteiger partial charge is 0.236 e. The van der Waals surface area contributed by atoms with E-state index < -0.39 is 21.8 Å². The molecule has 33 heavy (non-hydrogen) atoms. The Kier molecular flexibility index (Phi) is 6.61. The number of carbonyl (C=O) groups is 1. The molecule has 2 aromatic carbocycles. The van der Waals surface area contributed by atoms with Gasteiger partial charge in [0.1, 0.15) is 5.82 Å². The molecule has 4 rings (SSSR count). The second kappa shape index (κ2) is 9.59. The number of piperidine rings is 1. The molecule has 11 heteroatoms. The van der Waals surface area contributed by atoms with Crippen LogP contribution in [0.3, 0.4) is 0 Å². The number of aryl methyl sites for hydroxylation is 1. The number of aromatic nitrogens is 4. The number of anilines is 1. The lowest BCUT2D eigenvalue weighted by molar-refractivity contribution is -0.120. The van der Waals surface area contributed by atoms with Gasteiger partial charge in [0.05, 0.1) is 11.4 Å². The molecule has 1 N–H and O–H groups in total. The van der Waals surface area contributed by atoms with Crippen LogP contribution in [0, 0.1) is 18.7 Å². The highest BCUT2D eigenvalue weighted by atomic mass is 32.2. The maximum Gasteiger partial charge on any atom is 0.236 e. The minimum atomic E-state index is -3.59. The quantitative estimate of drug-likeness (QED) is 0.593. The van der Waals surface area contributed by atoms with Crippen LogP contribution in [-0.4, -0.2) is 51.9 Å². The number of halogens is 1. The van der Waals surface area contributed by atoms with E-state index in [0.29, 0.717) is 24.4 Å². The van der Waals surface area contributed by atoms with E-state index in [1.165, 1.54) is 32.6 Å². The Morgan fingerprint density at radius 1 is 1.15 bits per heavy atom. The average Bonchev–Trinajstić information content (AvgIpc) is 3.26. The van der Waals surface area contributed by atoms with E-state index in [9.17, 15) is 17.6 Å². The van der Waals surface area contributed by atoms with E-state index in [1.54, 1.807) is 13.0 Å². The molecule has 0 unspecified atom stereocenters. The molecule has 0 bridgehead atoms. The van der Waals surface area contributed by atoms with Gasteiger partial charge in [-0.05, 0) is 60.0 Å². The zero-order valence-corrected chi connectivity index (χ0v) is 18.7. The number of sulfonamides is 1. The van der Waals surface area contributed by atoms with Gasteiger partial charge in [0.25, 0.3) is 0 Å². The zero-order chi connectivity index (χ0) is 23.4. The van der Waals surface area contributed by atoms with Crippen molar-refractivity contribution >= 4 is 27.7 Å². The maximum atomic E-state index is 14.3. The first-order chi connectivity index (χ1) is 15.8. The van der Waals surface area contributed by atoms with Crippen molar-refractivity contribution in [3.8, 4) is 5.69 Å². The highest BCUT2D eigenvalue weighted by Crippen LogP contribution is 2.24. The highest BCUT2D eigenvalue weighted by molar-refractivity contribution is 7.92. The third kappa shape index (κ3) is 5.32. The fraction of sp³-hybridized carbons (Fsp3) is 0.273. The summed E-state index contributed by atoms with van der Waals surface area (Å²) in [6.07, 6.45) is 2.24. The zero-order valence-electron chi connectivity index (χ0n) is 17.9. The van der Waals surface area contributed by atoms with Crippen LogP contribution >= 0.6 is 0 Å². The molecule has 172 valence electrons. The third-order valence-corrected chi connectivity index (χ3v) is 7.06. The number of nitrogens with one attached hydrogen (secondary N) is 1. The van der Waals surface area contributed by atoms with E-state index in [2.05, 4.69) is 20.8 Å². The number of nitrogens with zero attached hydrogens (tertiary/aromatic N) is 5. The number of carbonyl (C=O) groups excluding carboxylic acids is 1. The van der Waals surface area contributed by atoms with Gasteiger partial charge in [-0.2, -0.15) is 8.99 Å². The first-order valence-corrected chi connectivity index (χ1v) is 11.9. The molecular weight excluding hydrogens is 447 g/mol. The van der Waals surface area contributed by atoms with Gasteiger partial charge in [0.2, 0.25) is 15.9 Å². The van der Waals surface area contributed by atoms with Crippen molar-refractivity contribution in [3.63, 3.8) is 0 Å². The molecule has 1 aromatic heterocycles. The Labute approximate surface area is 191 Å². The van der Waals surface area contributed by atoms with Crippen LogP contribution in [0.25, 0.3) is 11.8 Å². The van der Waals surface area contributed by atoms with Crippen LogP contribution in [-0.2, 0) is 14.8 Å². The SMILES string of the molecule is Cc1nnnn1-c1ccc(F)c(NC(=O)C2CCN(S(=O)(=O)/C=C/c3ccccc3)CC2)c1. The minimum absolute atomic E-state index is 0.0215. The van der Waals surface area contributed by atoms with Crippen molar-refractivity contribution in [1.29, 1.82) is 0 Å². The second-order valence-electron chi connectivity index (χ2n) is 7.72. The molecule has 9 nitrogen and oxygen atoms in total. The number of benzene rings is 2. The molecule has 3 aromatic rings. The van der Waals surface area contributed by atoms with Gasteiger partial charge in [0.15, 0.2) is 5.82 Å². The first kappa shape index (κ1) is 22.7. The lowest BCUT2D eigenvalue weighted by atomic mass is 9.97. The van der Waals surface area contributed by atoms with Crippen LogP contribution in [0.1, 0.15) is 24.2 Å². The second-order valence-corrected chi connectivity index (χ2v) is 9.54. The van der Waals surface area contributed by atoms with Crippen LogP contribution in [0.15, 0.2) is 53.9 Å². The molecule has 1 amide bonds. The van der Waals surface area contributed by atoms with Crippen molar-refractivity contribution in [2.75, 3.05) is 18.4 Å². The molecule has 1 aliphatic rings. The Balaban J connectivity index is 1.38. The highest BCUT2D eigenvalue weighted by Gasteiger charge is 2.30. The van der Waals surface area contributed by atoms with Gasteiger partial charge in [-0.1, -0.05) is 30.3 Å². The molecule has 0 spiro atoms. The Hall–Kier alpha value is -3.44. The van der Waals surface area contributed by atoms with Crippen LogP contribution < -0.4 is 5.32 Å². The normalized spacial score (nSPS) is 15.7. The lowest BCUT2D eigenvalue weighted by Gasteiger charge is -2.29. The number of tetrazole rings is 1. The van der Waals surface area contributed by atoms with Crippen molar-refractivity contribution in [3.05, 3.63) is 71.1 Å². The maximum absolute atomic E-state index is 14.3. The fourth-order valence-corrected chi connectivity index (χ4v) is 4.85. The predicted molar refractivity (Wildman–Crippen MR) is 121 cm³/mol. The van der Waals surface area contributed by atoms with Gasteiger partial charge >= 0.3 is 0 Å². The van der Waals surface area contributed by atoms with E-state index in [-0.39, 0.29) is 24.7 Å². The summed E-state index contributed by atoms with van der Waals surface area (Å²) in [7, 11) is -3.59. The summed E-state index contributed by atoms with van der Waals surface area (Å²) >= 11 is 0. The Morgan fingerprint density at radius 2 is 1.88 bits per heavy atom. The summed E-state index contributed by atoms with van der Waals surface area (Å²) < 4.78 is 42.3. The molecule has 0 radical (unpaired) electrons. The Morgan fingerprint density at radius 3 is 2.55 bits per heavy atom. The summed E-state index contributed by atoms with van der Waals surface area (Å²) in [4.78, 5) is 12.7. The van der Waals surface area contributed by atoms with Crippen LogP contribution in [0.2, 0.25) is 0 Å². The number of hydrogen-bond donors (Lipinski definition) is 1. The molecule has 2 heterocycles. The molecule has 0 aliphatic carbocycles. The summed E-state index contributed by atoms with van der Waals surface area (Å²) in [5.41, 5.74) is 1.32. The first-order valence-electron chi connectivity index (χ1n) is 10.4. The van der Waals surface area contributed by atoms with Gasteiger partial charge in [-0.3, -0.25) is 4.79 Å². The van der Waals surface area contributed by atoms with E-state index in [0.717, 1.165) is 5.56 Å². The van der Waals surface area contributed by atoms with Crippen LogP contribution in [0.4, 0.5) is 10.1 Å². The number of amides is 1. The largest absolute Gasteiger partial charge is 0.323 e. The van der Waals surface area contributed by atoms with E-state index >= 15 is 0 Å². The van der Waals surface area contributed by atoms with Crippen molar-refractivity contribution in [2.24, 2.45) is 5.92 Å². The van der Waals surface area contributed by atoms with Crippen molar-refractivity contribution in [2.45, 2.75) is 19.8 Å². The van der Waals surface area contributed by atoms with Crippen molar-refractivity contribution < 1.29 is 17.6 Å². The third-order valence-electron chi connectivity index (χ3n) is 5.49. The minimum Gasteiger partial charge on any atom is -0.323 e. The molecule has 0 saturated carbocycles. The average molecular weight is 471 g/mol. The number of rotatable bonds is 6. The summed E-state index contributed by atoms with van der Waals surface area (Å²) in [5.74, 6) is -0.832. The standard InChI is InChI=1S/C22H23FN6O3S/c1-16-25-26-27-29(16)19-7-8-20(23)21(15-19)24-22(30)18-9-12-28(13-10-18)33(31,32)14-11-17-5-3-2-4-6-17/h2-8,11,14-15,18H,9-10,12-13H2,1H3,(H,24,30)/b14-11+. The summed E-state index contributed by atoms with van der Waals surface area (Å²) in [6.45, 7) is 2.14. The molecule has 0 atom stereocenters. The number of hydrogen-bond acceptors (Lipinski definition) is 6. The summed E-state index contributed by atoms with van der Waals surface area (Å²) in [5, 5.41) is 15.0. The predicted octanol–water partition coefficient (Wildman–Crippen LogP) is 2.76. The molecule has 1 fully saturated rings. The van der Waals surface area contributed by atoms with Gasteiger partial charge in [-0.25, -0.2) is 12.8 Å². The lowest BCUT2D eigenvalue weighted by Crippen LogP contribution is -2.40. The van der Waals surface area contributed by atoms with E-state index in [1.807, 2.05) is 30.3 Å². The monoisotopic (exact) mass is 470 g/mol. The van der Waals surface area contributed by atoms with Gasteiger partial charge < -0.3 is 5.32 Å². The fourth-order valence-electron chi connectivity index (χ4n) is 3.63. The van der Waals surface area contributed by atoms with Crippen LogP contribution in [0.5, 0.6) is 0 Å². The van der Waals surface area contributed by atoms with Gasteiger partial charge in [-0.15, -0.1) is 5.10 Å². The summed E-state index contributed by atoms with van der Waals surface area (Å²) in [6, 6.07) is 13.4. The van der Waals surface area contributed by atoms with E-state index in [4.69, 9.17) is 0 Å². The molecule has 1 saturated heterocycles. The molecular formula is C22H23FN6O3S. The van der Waals surface area contributed by atoms with Gasteiger partial charge in [0, 0.05) is 24.4 Å². The molecule has 1 aliphatic heterocycles. The Bertz CT molecular complexity index is 1270. The topological polar surface area (TPSA) is 110 Å².